The van der Waals surface area contributed by atoms with Crippen molar-refractivity contribution in [2.24, 2.45) is 0 Å². The molecule has 240 valence electrons. The lowest BCUT2D eigenvalue weighted by molar-refractivity contribution is -0.137. The average molecular weight is 635 g/mol. The second kappa shape index (κ2) is 13.6. The number of methoxy groups -OCH3 is 1. The minimum atomic E-state index is -1.65. The fourth-order valence-electron chi connectivity index (χ4n) is 5.00. The highest BCUT2D eigenvalue weighted by Gasteiger charge is 2.50. The van der Waals surface area contributed by atoms with Crippen LogP contribution in [0.15, 0.2) is 30.6 Å². The van der Waals surface area contributed by atoms with Crippen LogP contribution in [0.1, 0.15) is 61.7 Å². The minimum Gasteiger partial charge on any atom is -0.496 e. The molecule has 44 heavy (non-hydrogen) atoms. The van der Waals surface area contributed by atoms with E-state index in [0.29, 0.717) is 26.9 Å². The van der Waals surface area contributed by atoms with Gasteiger partial charge in [-0.3, -0.25) is 14.5 Å². The van der Waals surface area contributed by atoms with E-state index >= 15 is 0 Å². The third-order valence-electron chi connectivity index (χ3n) is 7.37. The van der Waals surface area contributed by atoms with E-state index in [1.54, 1.807) is 34.6 Å². The SMILES string of the molecule is COc1ccc(F)cc1[C@H](CN1c2sc(-n3nccn3)c(C)c2C(=O)N(C(C)(C)C(=O)NC(C)C)C1O)OCCC(O)CO. The number of carbonyl (C=O) groups excluding carboxylic acids is 2. The number of aliphatic hydroxyl groups excluding tert-OH is 3. The molecule has 0 bridgehead atoms. The molecular formula is C29H39FN6O7S. The third-order valence-corrected chi connectivity index (χ3v) is 8.66. The van der Waals surface area contributed by atoms with Gasteiger partial charge >= 0.3 is 0 Å². The highest BCUT2D eigenvalue weighted by Crippen LogP contribution is 2.45. The minimum absolute atomic E-state index is 0.0281. The third kappa shape index (κ3) is 6.56. The maximum Gasteiger partial charge on any atom is 0.261 e. The molecule has 2 amide bonds. The summed E-state index contributed by atoms with van der Waals surface area (Å²) in [4.78, 5) is 31.5. The molecule has 3 atom stereocenters. The number of anilines is 1. The number of ether oxygens (including phenoxy) is 2. The molecule has 15 heteroatoms. The Morgan fingerprint density at radius 3 is 2.52 bits per heavy atom. The van der Waals surface area contributed by atoms with Crippen molar-refractivity contribution < 1.29 is 38.8 Å². The van der Waals surface area contributed by atoms with Crippen molar-refractivity contribution >= 4 is 28.2 Å². The number of aliphatic hydroxyl groups is 3. The van der Waals surface area contributed by atoms with Crippen LogP contribution in [0.5, 0.6) is 5.75 Å². The smallest absolute Gasteiger partial charge is 0.261 e. The summed E-state index contributed by atoms with van der Waals surface area (Å²) in [5.41, 5.74) is -0.395. The van der Waals surface area contributed by atoms with Crippen molar-refractivity contribution in [1.82, 2.24) is 25.2 Å². The molecule has 0 spiro atoms. The monoisotopic (exact) mass is 634 g/mol. The van der Waals surface area contributed by atoms with Crippen LogP contribution < -0.4 is 15.0 Å². The molecule has 1 aliphatic rings. The van der Waals surface area contributed by atoms with Gasteiger partial charge in [0.2, 0.25) is 12.3 Å². The number of nitrogens with one attached hydrogen (secondary N) is 1. The fourth-order valence-corrected chi connectivity index (χ4v) is 6.25. The van der Waals surface area contributed by atoms with E-state index in [-0.39, 0.29) is 31.2 Å². The number of hydrogen-bond donors (Lipinski definition) is 4. The van der Waals surface area contributed by atoms with Crippen molar-refractivity contribution in [2.75, 3.05) is 31.8 Å². The Hall–Kier alpha value is -3.63. The Balaban J connectivity index is 1.85. The second-order valence-corrected chi connectivity index (χ2v) is 12.2. The van der Waals surface area contributed by atoms with E-state index in [1.165, 1.54) is 58.7 Å². The molecule has 0 aliphatic carbocycles. The average Bonchev–Trinajstić information content (AvgIpc) is 3.61. The zero-order valence-corrected chi connectivity index (χ0v) is 26.3. The molecule has 1 aliphatic heterocycles. The standard InChI is InChI=1S/C29H39FN6O7S/c1-16(2)33-27(40)29(4,5)35-24(39)23-17(3)25(36-31-10-11-32-36)44-26(23)34(28(35)41)14-22(43-12-9-19(38)15-37)20-13-18(30)7-8-21(20)42-6/h7-8,10-11,13,16,19,22,28,37-38,41H,9,12,14-15H2,1-6H3,(H,33,40)/t19?,22-,28?/m0/s1. The number of thiophene rings is 1. The van der Waals surface area contributed by atoms with E-state index < -0.39 is 48.3 Å². The number of aromatic nitrogens is 3. The van der Waals surface area contributed by atoms with Gasteiger partial charge in [0.05, 0.1) is 50.9 Å². The molecular weight excluding hydrogens is 595 g/mol. The van der Waals surface area contributed by atoms with Gasteiger partial charge in [0, 0.05) is 17.2 Å². The van der Waals surface area contributed by atoms with Gasteiger partial charge in [-0.2, -0.15) is 10.2 Å². The molecule has 3 aromatic rings. The van der Waals surface area contributed by atoms with Gasteiger partial charge in [-0.05, 0) is 59.2 Å². The number of rotatable bonds is 13. The zero-order chi connectivity index (χ0) is 32.3. The molecule has 3 heterocycles. The first-order valence-corrected chi connectivity index (χ1v) is 15.0. The first-order chi connectivity index (χ1) is 20.8. The van der Waals surface area contributed by atoms with Gasteiger partial charge in [0.25, 0.3) is 5.91 Å². The summed E-state index contributed by atoms with van der Waals surface area (Å²) in [6.07, 6.45) is -0.551. The topological polar surface area (TPSA) is 163 Å². The summed E-state index contributed by atoms with van der Waals surface area (Å²) in [6.45, 7) is 7.80. The first kappa shape index (κ1) is 33.3. The lowest BCUT2D eigenvalue weighted by Crippen LogP contribution is -2.67. The molecule has 2 unspecified atom stereocenters. The fraction of sp³-hybridized carbons (Fsp3) is 0.517. The van der Waals surface area contributed by atoms with Gasteiger partial charge in [-0.15, -0.1) is 4.80 Å². The van der Waals surface area contributed by atoms with E-state index in [2.05, 4.69) is 15.5 Å². The van der Waals surface area contributed by atoms with Crippen LogP contribution in [0.2, 0.25) is 0 Å². The van der Waals surface area contributed by atoms with Crippen molar-refractivity contribution in [3.8, 4) is 10.8 Å². The maximum absolute atomic E-state index is 14.6. The summed E-state index contributed by atoms with van der Waals surface area (Å²) in [7, 11) is 1.43. The highest BCUT2D eigenvalue weighted by molar-refractivity contribution is 7.19. The van der Waals surface area contributed by atoms with Crippen molar-refractivity contribution in [3.63, 3.8) is 0 Å². The highest BCUT2D eigenvalue weighted by atomic mass is 32.1. The van der Waals surface area contributed by atoms with Gasteiger partial charge in [-0.25, -0.2) is 4.39 Å². The number of nitrogens with zero attached hydrogens (tertiary/aromatic N) is 5. The van der Waals surface area contributed by atoms with Crippen molar-refractivity contribution in [1.29, 1.82) is 0 Å². The molecule has 13 nitrogen and oxygen atoms in total. The number of halogens is 1. The molecule has 0 fully saturated rings. The summed E-state index contributed by atoms with van der Waals surface area (Å²) in [5.74, 6) is -1.26. The number of hydrogen-bond acceptors (Lipinski definition) is 11. The van der Waals surface area contributed by atoms with Crippen LogP contribution >= 0.6 is 11.3 Å². The van der Waals surface area contributed by atoms with E-state index in [0.717, 1.165) is 4.90 Å². The van der Waals surface area contributed by atoms with Crippen LogP contribution in [0.25, 0.3) is 5.00 Å². The van der Waals surface area contributed by atoms with Crippen molar-refractivity contribution in [3.05, 3.63) is 53.1 Å². The Morgan fingerprint density at radius 2 is 1.91 bits per heavy atom. The molecule has 1 aromatic carbocycles. The summed E-state index contributed by atoms with van der Waals surface area (Å²) < 4.78 is 26.2. The lowest BCUT2D eigenvalue weighted by atomic mass is 9.97. The Labute approximate surface area is 258 Å². The normalized spacial score (nSPS) is 16.7. The Morgan fingerprint density at radius 1 is 1.23 bits per heavy atom. The Bertz CT molecular complexity index is 1460. The Kier molecular flexibility index (Phi) is 10.3. The van der Waals surface area contributed by atoms with Gasteiger partial charge in [0.15, 0.2) is 0 Å². The molecule has 0 saturated heterocycles. The second-order valence-electron chi connectivity index (χ2n) is 11.3. The summed E-state index contributed by atoms with van der Waals surface area (Å²) in [5, 5.41) is 43.3. The zero-order valence-electron chi connectivity index (χ0n) is 25.5. The van der Waals surface area contributed by atoms with E-state index in [9.17, 15) is 29.3 Å². The number of amides is 2. The number of fused-ring (bicyclic) bond motifs is 1. The van der Waals surface area contributed by atoms with Crippen LogP contribution in [0, 0.1) is 12.7 Å². The summed E-state index contributed by atoms with van der Waals surface area (Å²) >= 11 is 1.17. The number of carbonyl (C=O) groups is 2. The van der Waals surface area contributed by atoms with Crippen LogP contribution in [-0.2, 0) is 9.53 Å². The van der Waals surface area contributed by atoms with Crippen molar-refractivity contribution in [2.45, 2.75) is 71.2 Å². The summed E-state index contributed by atoms with van der Waals surface area (Å²) in [6, 6.07) is 3.72. The van der Waals surface area contributed by atoms with E-state index in [1.807, 2.05) is 0 Å². The molecule has 0 radical (unpaired) electrons. The molecule has 4 rings (SSSR count). The van der Waals surface area contributed by atoms with Crippen LogP contribution in [0.3, 0.4) is 0 Å². The van der Waals surface area contributed by atoms with Gasteiger partial charge in [-0.1, -0.05) is 11.3 Å². The molecule has 2 aromatic heterocycles. The predicted molar refractivity (Wildman–Crippen MR) is 160 cm³/mol. The number of benzene rings is 1. The first-order valence-electron chi connectivity index (χ1n) is 14.1. The van der Waals surface area contributed by atoms with Gasteiger partial charge in [0.1, 0.15) is 33.2 Å². The van der Waals surface area contributed by atoms with Crippen LogP contribution in [-0.4, -0.2) is 97.9 Å². The van der Waals surface area contributed by atoms with E-state index in [4.69, 9.17) is 9.47 Å². The molecule has 0 saturated carbocycles. The quantitative estimate of drug-likeness (QED) is 0.219. The maximum atomic E-state index is 14.6. The van der Waals surface area contributed by atoms with Gasteiger partial charge < -0.3 is 35.0 Å². The largest absolute Gasteiger partial charge is 0.496 e. The molecule has 4 N–H and O–H groups in total. The predicted octanol–water partition coefficient (Wildman–Crippen LogP) is 2.13. The lowest BCUT2D eigenvalue weighted by Gasteiger charge is -2.48. The van der Waals surface area contributed by atoms with Crippen LogP contribution in [0.4, 0.5) is 9.39 Å².